The molecule has 0 aliphatic heterocycles. The largest absolute Gasteiger partial charge is 0.461 e. The summed E-state index contributed by atoms with van der Waals surface area (Å²) in [7, 11) is -4.96. The van der Waals surface area contributed by atoms with Crippen LogP contribution in [-0.4, -0.2) is 44.3 Å². The lowest BCUT2D eigenvalue weighted by atomic mass is 10.7. The van der Waals surface area contributed by atoms with Gasteiger partial charge in [-0.3, -0.25) is 18.4 Å². The highest BCUT2D eigenvalue weighted by Crippen LogP contribution is 2.50. The Morgan fingerprint density at radius 1 is 1.05 bits per heavy atom. The van der Waals surface area contributed by atoms with Gasteiger partial charge in [0, 0.05) is 0 Å². The highest BCUT2D eigenvalue weighted by atomic mass is 31.2. The Morgan fingerprint density at radius 2 is 1.48 bits per heavy atom. The van der Waals surface area contributed by atoms with E-state index in [0.717, 1.165) is 6.08 Å². The van der Waals surface area contributed by atoms with Crippen molar-refractivity contribution in [2.75, 3.05) is 26.0 Å². The third kappa shape index (κ3) is 11.3. The molecule has 0 rings (SSSR count). The summed E-state index contributed by atoms with van der Waals surface area (Å²) < 4.78 is 95.3. The molecule has 0 aliphatic carbocycles. The molecule has 0 radical (unpaired) electrons. The molecule has 0 N–H and O–H groups in total. The molecule has 0 heterocycles. The van der Waals surface area contributed by atoms with Crippen molar-refractivity contribution in [1.29, 1.82) is 0 Å². The maximum Gasteiger partial charge on any atom is 0.412 e. The van der Waals surface area contributed by atoms with E-state index in [1.165, 1.54) is 0 Å². The second kappa shape index (κ2) is 7.81. The Bertz CT molecular complexity index is 382. The normalized spacial score (nSPS) is 13.0. The molecule has 0 aromatic carbocycles. The van der Waals surface area contributed by atoms with Gasteiger partial charge in [-0.2, -0.15) is 26.3 Å². The van der Waals surface area contributed by atoms with Gasteiger partial charge < -0.3 is 4.74 Å². The Hall–Kier alpha value is -1.06. The van der Waals surface area contributed by atoms with Gasteiger partial charge in [-0.15, -0.1) is 0 Å². The summed E-state index contributed by atoms with van der Waals surface area (Å²) in [5.41, 5.74) is 0. The number of hydrogen-bond donors (Lipinski definition) is 0. The van der Waals surface area contributed by atoms with E-state index in [-0.39, 0.29) is 6.61 Å². The smallest absolute Gasteiger partial charge is 0.412 e. The summed E-state index contributed by atoms with van der Waals surface area (Å²) in [5, 5.41) is 0. The van der Waals surface area contributed by atoms with Gasteiger partial charge in [0.1, 0.15) is 12.8 Å². The molecule has 0 atom stereocenters. The topological polar surface area (TPSA) is 61.8 Å². The summed E-state index contributed by atoms with van der Waals surface area (Å²) in [6.07, 6.45) is -10.2. The molecule has 0 aromatic rings. The van der Waals surface area contributed by atoms with Crippen molar-refractivity contribution in [3.63, 3.8) is 0 Å². The first-order valence-electron chi connectivity index (χ1n) is 5.15. The van der Waals surface area contributed by atoms with Crippen LogP contribution >= 0.6 is 7.60 Å². The third-order valence-corrected chi connectivity index (χ3v) is 3.23. The van der Waals surface area contributed by atoms with Crippen molar-refractivity contribution in [1.82, 2.24) is 0 Å². The maximum atomic E-state index is 11.9. The Morgan fingerprint density at radius 3 is 1.81 bits per heavy atom. The molecule has 0 saturated carbocycles. The molecule has 0 unspecified atom stereocenters. The molecule has 0 aromatic heterocycles. The fraction of sp³-hybridized carbons (Fsp3) is 0.667. The minimum Gasteiger partial charge on any atom is -0.461 e. The van der Waals surface area contributed by atoms with Gasteiger partial charge in [0.05, 0.1) is 0 Å². The average Bonchev–Trinajstić information content (AvgIpc) is 2.30. The Balaban J connectivity index is 4.77. The predicted octanol–water partition coefficient (Wildman–Crippen LogP) is 3.07. The van der Waals surface area contributed by atoms with Crippen molar-refractivity contribution in [2.24, 2.45) is 0 Å². The summed E-state index contributed by atoms with van der Waals surface area (Å²) in [6, 6.07) is 0. The second-order valence-corrected chi connectivity index (χ2v) is 5.57. The van der Waals surface area contributed by atoms with Gasteiger partial charge >= 0.3 is 25.9 Å². The molecule has 0 saturated heterocycles. The standard InChI is InChI=1S/C9H11F6O5P/c1-2-3-18-7(16)4-21(17,19-5-8(10,11)12)20-6-9(13,14)15/h2H,1,3-6H2. The van der Waals surface area contributed by atoms with Crippen molar-refractivity contribution in [2.45, 2.75) is 12.4 Å². The molecule has 0 amide bonds. The first-order chi connectivity index (χ1) is 9.37. The molecule has 124 valence electrons. The molecule has 12 heteroatoms. The van der Waals surface area contributed by atoms with Crippen molar-refractivity contribution in [3.05, 3.63) is 12.7 Å². The van der Waals surface area contributed by atoms with Crippen molar-refractivity contribution < 1.29 is 49.5 Å². The van der Waals surface area contributed by atoms with Gasteiger partial charge in [0.15, 0.2) is 13.2 Å². The highest BCUT2D eigenvalue weighted by Gasteiger charge is 2.40. The molecular weight excluding hydrogens is 333 g/mol. The van der Waals surface area contributed by atoms with E-state index >= 15 is 0 Å². The van der Waals surface area contributed by atoms with Crippen LogP contribution in [0.5, 0.6) is 0 Å². The first-order valence-corrected chi connectivity index (χ1v) is 6.88. The zero-order valence-corrected chi connectivity index (χ0v) is 11.3. The lowest BCUT2D eigenvalue weighted by Gasteiger charge is -2.19. The van der Waals surface area contributed by atoms with Crippen LogP contribution in [0.4, 0.5) is 26.3 Å². The minimum absolute atomic E-state index is 0.364. The lowest BCUT2D eigenvalue weighted by Crippen LogP contribution is -2.23. The molecule has 0 bridgehead atoms. The fourth-order valence-corrected chi connectivity index (χ4v) is 2.18. The molecule has 0 aliphatic rings. The number of esters is 1. The van der Waals surface area contributed by atoms with Crippen LogP contribution in [0.25, 0.3) is 0 Å². The van der Waals surface area contributed by atoms with E-state index in [9.17, 15) is 35.7 Å². The Labute approximate surface area is 115 Å². The maximum absolute atomic E-state index is 11.9. The quantitative estimate of drug-likeness (QED) is 0.293. The number of ether oxygens (including phenoxy) is 1. The van der Waals surface area contributed by atoms with Crippen LogP contribution in [0.2, 0.25) is 0 Å². The number of halogens is 6. The van der Waals surface area contributed by atoms with E-state index in [1.54, 1.807) is 0 Å². The summed E-state index contributed by atoms with van der Waals surface area (Å²) in [5.74, 6) is -1.34. The van der Waals surface area contributed by atoms with E-state index in [4.69, 9.17) is 0 Å². The van der Waals surface area contributed by atoms with E-state index in [0.29, 0.717) is 0 Å². The van der Waals surface area contributed by atoms with Crippen LogP contribution in [0.15, 0.2) is 12.7 Å². The number of rotatable bonds is 8. The fourth-order valence-electron chi connectivity index (χ4n) is 0.827. The van der Waals surface area contributed by atoms with Gasteiger partial charge in [0.25, 0.3) is 0 Å². The SMILES string of the molecule is C=CCOC(=O)CP(=O)(OCC(F)(F)F)OCC(F)(F)F. The number of carbonyl (C=O) groups is 1. The van der Waals surface area contributed by atoms with Crippen molar-refractivity contribution in [3.8, 4) is 0 Å². The molecular formula is C9H11F6O5P. The van der Waals surface area contributed by atoms with E-state index in [2.05, 4.69) is 20.4 Å². The van der Waals surface area contributed by atoms with Gasteiger partial charge in [-0.25, -0.2) is 0 Å². The van der Waals surface area contributed by atoms with E-state index in [1.807, 2.05) is 0 Å². The molecule has 0 spiro atoms. The first kappa shape index (κ1) is 19.9. The zero-order valence-electron chi connectivity index (χ0n) is 10.4. The number of alkyl halides is 6. The monoisotopic (exact) mass is 344 g/mol. The van der Waals surface area contributed by atoms with Crippen LogP contribution in [-0.2, 0) is 23.1 Å². The van der Waals surface area contributed by atoms with Crippen LogP contribution in [0.1, 0.15) is 0 Å². The third-order valence-electron chi connectivity index (χ3n) is 1.53. The van der Waals surface area contributed by atoms with Gasteiger partial charge in [-0.05, 0) is 0 Å². The zero-order chi connectivity index (χ0) is 16.7. The summed E-state index contributed by atoms with van der Waals surface area (Å²) >= 11 is 0. The summed E-state index contributed by atoms with van der Waals surface area (Å²) in [4.78, 5) is 11.1. The number of carbonyl (C=O) groups excluding carboxylic acids is 1. The van der Waals surface area contributed by atoms with Crippen molar-refractivity contribution >= 4 is 13.6 Å². The Kier molecular flexibility index (Phi) is 7.41. The van der Waals surface area contributed by atoms with Gasteiger partial charge in [0.2, 0.25) is 0 Å². The molecule has 21 heavy (non-hydrogen) atoms. The highest BCUT2D eigenvalue weighted by molar-refractivity contribution is 7.54. The molecule has 5 nitrogen and oxygen atoms in total. The van der Waals surface area contributed by atoms with Crippen LogP contribution in [0.3, 0.4) is 0 Å². The predicted molar refractivity (Wildman–Crippen MR) is 57.6 cm³/mol. The molecule has 0 fully saturated rings. The van der Waals surface area contributed by atoms with E-state index < -0.39 is 45.3 Å². The van der Waals surface area contributed by atoms with Crippen LogP contribution < -0.4 is 0 Å². The van der Waals surface area contributed by atoms with Gasteiger partial charge in [-0.1, -0.05) is 12.7 Å². The van der Waals surface area contributed by atoms with Crippen LogP contribution in [0, 0.1) is 0 Å². The lowest BCUT2D eigenvalue weighted by molar-refractivity contribution is -0.166. The average molecular weight is 344 g/mol. The summed E-state index contributed by atoms with van der Waals surface area (Å²) in [6.45, 7) is -1.46. The number of hydrogen-bond acceptors (Lipinski definition) is 5. The minimum atomic E-state index is -4.96. The second-order valence-electron chi connectivity index (χ2n) is 3.52.